The second-order valence-corrected chi connectivity index (χ2v) is 5.98. The van der Waals surface area contributed by atoms with Crippen LogP contribution in [0.2, 0.25) is 0 Å². The Bertz CT molecular complexity index is 505. The summed E-state index contributed by atoms with van der Waals surface area (Å²) in [5.41, 5.74) is 0.607. The number of carbonyl (C=O) groups excluding carboxylic acids is 1. The smallest absolute Gasteiger partial charge is 0.256 e. The summed E-state index contributed by atoms with van der Waals surface area (Å²) in [5, 5.41) is 2.93. The lowest BCUT2D eigenvalue weighted by atomic mass is 9.97. The lowest BCUT2D eigenvalue weighted by Crippen LogP contribution is -2.42. The highest BCUT2D eigenvalue weighted by Crippen LogP contribution is 2.23. The number of methoxy groups -OCH3 is 1. The van der Waals surface area contributed by atoms with Crippen LogP contribution >= 0.6 is 0 Å². The molecule has 1 heterocycles. The Balaban J connectivity index is 2.74. The van der Waals surface area contributed by atoms with Crippen molar-refractivity contribution in [2.24, 2.45) is 0 Å². The van der Waals surface area contributed by atoms with Gasteiger partial charge in [-0.25, -0.2) is 4.98 Å². The zero-order valence-corrected chi connectivity index (χ0v) is 15.1. The number of amides is 1. The number of nitrogens with one attached hydrogen (secondary N) is 1. The van der Waals surface area contributed by atoms with Crippen molar-refractivity contribution in [3.63, 3.8) is 0 Å². The van der Waals surface area contributed by atoms with Crippen molar-refractivity contribution < 1.29 is 14.3 Å². The van der Waals surface area contributed by atoms with Gasteiger partial charge in [0.05, 0.1) is 18.0 Å². The Morgan fingerprint density at radius 1 is 1.26 bits per heavy atom. The van der Waals surface area contributed by atoms with Crippen molar-refractivity contribution in [3.05, 3.63) is 17.8 Å². The first kappa shape index (κ1) is 19.4. The van der Waals surface area contributed by atoms with Crippen LogP contribution in [0.3, 0.4) is 0 Å². The molecule has 23 heavy (non-hydrogen) atoms. The number of ether oxygens (including phenoxy) is 2. The van der Waals surface area contributed by atoms with E-state index in [1.54, 1.807) is 13.2 Å². The fourth-order valence-electron chi connectivity index (χ4n) is 2.23. The molecule has 0 saturated carbocycles. The molecule has 0 fully saturated rings. The third-order valence-corrected chi connectivity index (χ3v) is 3.95. The van der Waals surface area contributed by atoms with Crippen molar-refractivity contribution >= 4 is 11.6 Å². The summed E-state index contributed by atoms with van der Waals surface area (Å²) >= 11 is 0. The maximum absolute atomic E-state index is 12.6. The summed E-state index contributed by atoms with van der Waals surface area (Å²) in [6.07, 6.45) is 4.81. The van der Waals surface area contributed by atoms with Crippen LogP contribution < -0.4 is 10.1 Å². The first-order valence-corrected chi connectivity index (χ1v) is 8.43. The van der Waals surface area contributed by atoms with E-state index in [1.807, 2.05) is 26.8 Å². The molecule has 1 N–H and O–H groups in total. The summed E-state index contributed by atoms with van der Waals surface area (Å²) in [6.45, 7) is 8.51. The molecule has 1 aromatic heterocycles. The molecule has 1 amide bonds. The van der Waals surface area contributed by atoms with Crippen LogP contribution in [-0.4, -0.2) is 30.2 Å². The Hall–Kier alpha value is -1.62. The average Bonchev–Trinajstić information content (AvgIpc) is 2.55. The second-order valence-electron chi connectivity index (χ2n) is 5.98. The van der Waals surface area contributed by atoms with Gasteiger partial charge in [0.15, 0.2) is 0 Å². The zero-order chi connectivity index (χ0) is 17.3. The molecule has 1 atom stereocenters. The van der Waals surface area contributed by atoms with Crippen LogP contribution in [0, 0.1) is 6.92 Å². The molecule has 0 aromatic carbocycles. The van der Waals surface area contributed by atoms with Gasteiger partial charge in [0, 0.05) is 13.2 Å². The first-order valence-electron chi connectivity index (χ1n) is 8.43. The zero-order valence-electron chi connectivity index (χ0n) is 15.1. The number of carbonyl (C=O) groups is 1. The van der Waals surface area contributed by atoms with Gasteiger partial charge >= 0.3 is 0 Å². The highest BCUT2D eigenvalue weighted by Gasteiger charge is 2.32. The minimum Gasteiger partial charge on any atom is -0.478 e. The molecule has 0 saturated heterocycles. The van der Waals surface area contributed by atoms with Crippen LogP contribution in [0.25, 0.3) is 0 Å². The van der Waals surface area contributed by atoms with Crippen LogP contribution in [0.1, 0.15) is 58.6 Å². The van der Waals surface area contributed by atoms with Gasteiger partial charge in [0.2, 0.25) is 5.88 Å². The van der Waals surface area contributed by atoms with Crippen LogP contribution in [0.15, 0.2) is 12.1 Å². The van der Waals surface area contributed by atoms with E-state index in [2.05, 4.69) is 17.2 Å². The van der Waals surface area contributed by atoms with E-state index in [4.69, 9.17) is 9.47 Å². The van der Waals surface area contributed by atoms with E-state index >= 15 is 0 Å². The number of nitrogens with zero attached hydrogens (tertiary/aromatic N) is 1. The Kier molecular flexibility index (Phi) is 8.03. The van der Waals surface area contributed by atoms with Crippen LogP contribution in [0.5, 0.6) is 5.88 Å². The van der Waals surface area contributed by atoms with Crippen LogP contribution in [0.4, 0.5) is 5.69 Å². The molecule has 0 unspecified atom stereocenters. The summed E-state index contributed by atoms with van der Waals surface area (Å²) < 4.78 is 11.0. The van der Waals surface area contributed by atoms with E-state index in [0.717, 1.165) is 31.4 Å². The highest BCUT2D eigenvalue weighted by atomic mass is 16.5. The number of aromatic nitrogens is 1. The molecule has 0 spiro atoms. The molecule has 0 radical (unpaired) electrons. The molecular formula is C18H30N2O3. The van der Waals surface area contributed by atoms with Crippen molar-refractivity contribution in [1.82, 2.24) is 4.98 Å². The van der Waals surface area contributed by atoms with E-state index < -0.39 is 5.60 Å². The van der Waals surface area contributed by atoms with E-state index in [-0.39, 0.29) is 5.91 Å². The second kappa shape index (κ2) is 9.50. The first-order chi connectivity index (χ1) is 11.0. The van der Waals surface area contributed by atoms with E-state index in [9.17, 15) is 4.79 Å². The van der Waals surface area contributed by atoms with Gasteiger partial charge in [0.1, 0.15) is 5.60 Å². The average molecular weight is 322 g/mol. The third kappa shape index (κ3) is 5.82. The standard InChI is InChI=1S/C18H30N2O3/c1-6-8-9-12-18(4,22-5)17(21)20-15-10-11-16(19-14(15)3)23-13-7-2/h10-11H,6-9,12-13H2,1-5H3,(H,20,21)/t18-/m1/s1. The summed E-state index contributed by atoms with van der Waals surface area (Å²) in [7, 11) is 1.58. The molecule has 1 rings (SSSR count). The predicted molar refractivity (Wildman–Crippen MR) is 92.9 cm³/mol. The van der Waals surface area contributed by atoms with Gasteiger partial charge in [-0.3, -0.25) is 4.79 Å². The summed E-state index contributed by atoms with van der Waals surface area (Å²) in [6, 6.07) is 3.60. The van der Waals surface area contributed by atoms with Gasteiger partial charge in [-0.2, -0.15) is 0 Å². The molecule has 130 valence electrons. The number of pyridine rings is 1. The molecule has 0 aliphatic heterocycles. The van der Waals surface area contributed by atoms with Crippen molar-refractivity contribution in [1.29, 1.82) is 0 Å². The lowest BCUT2D eigenvalue weighted by Gasteiger charge is -2.27. The van der Waals surface area contributed by atoms with E-state index in [0.29, 0.717) is 24.6 Å². The van der Waals surface area contributed by atoms with Crippen molar-refractivity contribution in [2.75, 3.05) is 19.0 Å². The number of hydrogen-bond donors (Lipinski definition) is 1. The maximum Gasteiger partial charge on any atom is 0.256 e. The van der Waals surface area contributed by atoms with E-state index in [1.165, 1.54) is 0 Å². The minimum atomic E-state index is -0.820. The quantitative estimate of drug-likeness (QED) is 0.659. The Labute approximate surface area is 139 Å². The lowest BCUT2D eigenvalue weighted by molar-refractivity contribution is -0.136. The van der Waals surface area contributed by atoms with Gasteiger partial charge in [-0.15, -0.1) is 0 Å². The molecule has 5 heteroatoms. The molecule has 0 aliphatic carbocycles. The largest absolute Gasteiger partial charge is 0.478 e. The molecule has 0 aliphatic rings. The fraction of sp³-hybridized carbons (Fsp3) is 0.667. The fourth-order valence-corrected chi connectivity index (χ4v) is 2.23. The van der Waals surface area contributed by atoms with Crippen molar-refractivity contribution in [2.45, 2.75) is 65.4 Å². The number of rotatable bonds is 10. The molecule has 5 nitrogen and oxygen atoms in total. The monoisotopic (exact) mass is 322 g/mol. The normalized spacial score (nSPS) is 13.4. The molecule has 1 aromatic rings. The van der Waals surface area contributed by atoms with Gasteiger partial charge in [-0.05, 0) is 32.8 Å². The third-order valence-electron chi connectivity index (χ3n) is 3.95. The van der Waals surface area contributed by atoms with Crippen molar-refractivity contribution in [3.8, 4) is 5.88 Å². The molecular weight excluding hydrogens is 292 g/mol. The number of aryl methyl sites for hydroxylation is 1. The number of unbranched alkanes of at least 4 members (excludes halogenated alkanes) is 2. The summed E-state index contributed by atoms with van der Waals surface area (Å²) in [5.74, 6) is 0.447. The summed E-state index contributed by atoms with van der Waals surface area (Å²) in [4.78, 5) is 16.9. The molecule has 0 bridgehead atoms. The van der Waals surface area contributed by atoms with Crippen LogP contribution in [-0.2, 0) is 9.53 Å². The maximum atomic E-state index is 12.6. The van der Waals surface area contributed by atoms with Gasteiger partial charge in [0.25, 0.3) is 5.91 Å². The number of anilines is 1. The predicted octanol–water partition coefficient (Wildman–Crippen LogP) is 4.10. The highest BCUT2D eigenvalue weighted by molar-refractivity contribution is 5.97. The SMILES string of the molecule is CCCCC[C@@](C)(OC)C(=O)Nc1ccc(OCCC)nc1C. The number of hydrogen-bond acceptors (Lipinski definition) is 4. The van der Waals surface area contributed by atoms with Gasteiger partial charge < -0.3 is 14.8 Å². The Morgan fingerprint density at radius 3 is 2.57 bits per heavy atom. The minimum absolute atomic E-state index is 0.136. The Morgan fingerprint density at radius 2 is 2.00 bits per heavy atom. The van der Waals surface area contributed by atoms with Gasteiger partial charge in [-0.1, -0.05) is 33.1 Å². The topological polar surface area (TPSA) is 60.5 Å².